The van der Waals surface area contributed by atoms with E-state index in [1.807, 2.05) is 42.7 Å². The molecule has 0 spiro atoms. The Morgan fingerprint density at radius 1 is 1.40 bits per heavy atom. The zero-order chi connectivity index (χ0) is 18.2. The van der Waals surface area contributed by atoms with Gasteiger partial charge in [0, 0.05) is 32.4 Å². The van der Waals surface area contributed by atoms with Gasteiger partial charge in [-0.25, -0.2) is 0 Å². The molecule has 0 saturated carbocycles. The lowest BCUT2D eigenvalue weighted by Gasteiger charge is -2.13. The quantitative estimate of drug-likeness (QED) is 0.532. The van der Waals surface area contributed by atoms with Gasteiger partial charge in [-0.1, -0.05) is 35.5 Å². The Balaban J connectivity index is 2.30. The molecule has 1 amide bonds. The van der Waals surface area contributed by atoms with E-state index in [4.69, 9.17) is 16.3 Å². The molecule has 2 rings (SSSR count). The van der Waals surface area contributed by atoms with Gasteiger partial charge in [-0.15, -0.1) is 10.2 Å². The summed E-state index contributed by atoms with van der Waals surface area (Å²) in [4.78, 5) is 12.0. The van der Waals surface area contributed by atoms with Crippen LogP contribution in [0.4, 0.5) is 0 Å². The van der Waals surface area contributed by atoms with E-state index in [1.54, 1.807) is 7.11 Å². The number of nitrogens with zero attached hydrogens (tertiary/aromatic N) is 3. The van der Waals surface area contributed by atoms with Crippen molar-refractivity contribution < 1.29 is 9.53 Å². The largest absolute Gasteiger partial charge is 0.385 e. The van der Waals surface area contributed by atoms with Crippen LogP contribution >= 0.6 is 23.4 Å². The summed E-state index contributed by atoms with van der Waals surface area (Å²) in [7, 11) is 1.67. The zero-order valence-electron chi connectivity index (χ0n) is 14.7. The van der Waals surface area contributed by atoms with E-state index >= 15 is 0 Å². The van der Waals surface area contributed by atoms with Crippen molar-refractivity contribution in [3.8, 4) is 11.4 Å². The van der Waals surface area contributed by atoms with Crippen LogP contribution in [0.25, 0.3) is 11.4 Å². The lowest BCUT2D eigenvalue weighted by Crippen LogP contribution is -2.30. The van der Waals surface area contributed by atoms with Gasteiger partial charge in [-0.05, 0) is 32.4 Å². The van der Waals surface area contributed by atoms with Crippen LogP contribution < -0.4 is 5.32 Å². The molecule has 1 heterocycles. The fraction of sp³-hybridized carbons (Fsp3) is 0.471. The smallest absolute Gasteiger partial charge is 0.233 e. The molecule has 0 saturated heterocycles. The number of halogens is 1. The number of nitrogens with one attached hydrogen (secondary N) is 1. The number of benzene rings is 1. The summed E-state index contributed by atoms with van der Waals surface area (Å²) in [6, 6.07) is 7.54. The predicted octanol–water partition coefficient (Wildman–Crippen LogP) is 3.25. The highest BCUT2D eigenvalue weighted by atomic mass is 35.5. The first kappa shape index (κ1) is 19.8. The molecular weight excluding hydrogens is 360 g/mol. The van der Waals surface area contributed by atoms with Gasteiger partial charge in [0.05, 0.1) is 10.3 Å². The number of ether oxygens (including phenoxy) is 1. The second-order valence-electron chi connectivity index (χ2n) is 5.44. The summed E-state index contributed by atoms with van der Waals surface area (Å²) in [5, 5.41) is 12.5. The lowest BCUT2D eigenvalue weighted by molar-refractivity contribution is -0.120. The van der Waals surface area contributed by atoms with Crippen LogP contribution in [0.2, 0.25) is 5.02 Å². The normalized spacial score (nSPS) is 12.2. The lowest BCUT2D eigenvalue weighted by atomic mass is 10.2. The van der Waals surface area contributed by atoms with Crippen molar-refractivity contribution in [2.24, 2.45) is 0 Å². The van der Waals surface area contributed by atoms with Crippen LogP contribution in [-0.2, 0) is 16.1 Å². The maximum absolute atomic E-state index is 12.0. The third-order valence-corrected chi connectivity index (χ3v) is 4.97. The van der Waals surface area contributed by atoms with E-state index < -0.39 is 0 Å². The van der Waals surface area contributed by atoms with Gasteiger partial charge in [-0.3, -0.25) is 4.79 Å². The fourth-order valence-electron chi connectivity index (χ4n) is 2.32. The summed E-state index contributed by atoms with van der Waals surface area (Å²) >= 11 is 7.71. The minimum absolute atomic E-state index is 0.0155. The highest BCUT2D eigenvalue weighted by molar-refractivity contribution is 8.00. The molecule has 1 aromatic heterocycles. The Morgan fingerprint density at radius 3 is 2.84 bits per heavy atom. The number of amides is 1. The first-order chi connectivity index (χ1) is 12.1. The van der Waals surface area contributed by atoms with E-state index in [2.05, 4.69) is 15.5 Å². The molecule has 8 heteroatoms. The van der Waals surface area contributed by atoms with E-state index in [1.165, 1.54) is 11.8 Å². The van der Waals surface area contributed by atoms with Crippen LogP contribution in [0.5, 0.6) is 0 Å². The van der Waals surface area contributed by atoms with Crippen molar-refractivity contribution in [2.75, 3.05) is 20.3 Å². The number of hydrogen-bond donors (Lipinski definition) is 1. The van der Waals surface area contributed by atoms with Crippen molar-refractivity contribution in [1.82, 2.24) is 20.1 Å². The summed E-state index contributed by atoms with van der Waals surface area (Å²) in [5.41, 5.74) is 0.826. The van der Waals surface area contributed by atoms with Crippen molar-refractivity contribution in [2.45, 2.75) is 37.2 Å². The number of hydrogen-bond acceptors (Lipinski definition) is 5. The summed E-state index contributed by atoms with van der Waals surface area (Å²) < 4.78 is 7.15. The number of methoxy groups -OCH3 is 1. The van der Waals surface area contributed by atoms with Crippen LogP contribution in [0.15, 0.2) is 29.4 Å². The molecule has 25 heavy (non-hydrogen) atoms. The van der Waals surface area contributed by atoms with Gasteiger partial charge >= 0.3 is 0 Å². The van der Waals surface area contributed by atoms with Crippen molar-refractivity contribution >= 4 is 29.3 Å². The highest BCUT2D eigenvalue weighted by Crippen LogP contribution is 2.30. The third kappa shape index (κ3) is 5.20. The predicted molar refractivity (Wildman–Crippen MR) is 101 cm³/mol. The number of rotatable bonds is 9. The van der Waals surface area contributed by atoms with Crippen molar-refractivity contribution in [1.29, 1.82) is 0 Å². The van der Waals surface area contributed by atoms with Crippen molar-refractivity contribution in [3.63, 3.8) is 0 Å². The van der Waals surface area contributed by atoms with Gasteiger partial charge in [-0.2, -0.15) is 0 Å². The Morgan fingerprint density at radius 2 is 2.16 bits per heavy atom. The average molecular weight is 383 g/mol. The van der Waals surface area contributed by atoms with E-state index in [-0.39, 0.29) is 11.2 Å². The average Bonchev–Trinajstić information content (AvgIpc) is 2.98. The molecule has 6 nitrogen and oxygen atoms in total. The van der Waals surface area contributed by atoms with Gasteiger partial charge in [0.2, 0.25) is 5.91 Å². The first-order valence-corrected chi connectivity index (χ1v) is 9.45. The molecule has 0 aliphatic carbocycles. The molecule has 136 valence electrons. The van der Waals surface area contributed by atoms with Crippen LogP contribution in [0.3, 0.4) is 0 Å². The topological polar surface area (TPSA) is 69.0 Å². The molecule has 0 aliphatic rings. The number of carbonyl (C=O) groups excluding carboxylic acids is 1. The van der Waals surface area contributed by atoms with Gasteiger partial charge < -0.3 is 14.6 Å². The zero-order valence-corrected chi connectivity index (χ0v) is 16.2. The first-order valence-electron chi connectivity index (χ1n) is 8.19. The molecule has 1 N–H and O–H groups in total. The fourth-order valence-corrected chi connectivity index (χ4v) is 3.44. The minimum Gasteiger partial charge on any atom is -0.385 e. The van der Waals surface area contributed by atoms with Crippen molar-refractivity contribution in [3.05, 3.63) is 29.3 Å². The van der Waals surface area contributed by atoms with Gasteiger partial charge in [0.1, 0.15) is 0 Å². The second-order valence-corrected chi connectivity index (χ2v) is 7.15. The summed E-state index contributed by atoms with van der Waals surface area (Å²) in [5.74, 6) is 0.686. The Bertz CT molecular complexity index is 708. The maximum atomic E-state index is 12.0. The van der Waals surface area contributed by atoms with E-state index in [0.717, 1.165) is 12.0 Å². The third-order valence-electron chi connectivity index (χ3n) is 3.56. The Kier molecular flexibility index (Phi) is 7.74. The molecule has 0 fully saturated rings. The van der Waals surface area contributed by atoms with Crippen LogP contribution in [0.1, 0.15) is 20.3 Å². The number of carbonyl (C=O) groups is 1. The molecule has 0 bridgehead atoms. The van der Waals surface area contributed by atoms with Crippen LogP contribution in [0, 0.1) is 0 Å². The molecule has 1 atom stereocenters. The van der Waals surface area contributed by atoms with Gasteiger partial charge in [0.25, 0.3) is 0 Å². The van der Waals surface area contributed by atoms with E-state index in [0.29, 0.717) is 35.7 Å². The standard InChI is InChI=1S/C17H23ClN4O2S/c1-4-19-16(23)12(2)25-17-21-20-15(22(17)10-7-11-24-3)13-8-5-6-9-14(13)18/h5-6,8-9,12H,4,7,10-11H2,1-3H3,(H,19,23)/t12-/m0/s1. The maximum Gasteiger partial charge on any atom is 0.233 e. The molecule has 2 aromatic rings. The molecule has 0 radical (unpaired) electrons. The van der Waals surface area contributed by atoms with Crippen LogP contribution in [-0.4, -0.2) is 46.2 Å². The molecule has 0 aliphatic heterocycles. The monoisotopic (exact) mass is 382 g/mol. The Labute approximate surface area is 157 Å². The minimum atomic E-state index is -0.260. The highest BCUT2D eigenvalue weighted by Gasteiger charge is 2.21. The molecule has 0 unspecified atom stereocenters. The summed E-state index contributed by atoms with van der Waals surface area (Å²) in [6.07, 6.45) is 0.815. The Hall–Kier alpha value is -1.57. The molecule has 1 aromatic carbocycles. The SMILES string of the molecule is CCNC(=O)[C@H](C)Sc1nnc(-c2ccccc2Cl)n1CCCOC. The second kappa shape index (κ2) is 9.79. The number of aromatic nitrogens is 3. The van der Waals surface area contributed by atoms with E-state index in [9.17, 15) is 4.79 Å². The molecular formula is C17H23ClN4O2S. The summed E-state index contributed by atoms with van der Waals surface area (Å²) in [6.45, 7) is 5.69. The van der Waals surface area contributed by atoms with Gasteiger partial charge in [0.15, 0.2) is 11.0 Å². The number of thioether (sulfide) groups is 1.